The van der Waals surface area contributed by atoms with E-state index >= 15 is 0 Å². The van der Waals surface area contributed by atoms with Crippen LogP contribution in [0.4, 0.5) is 10.1 Å². The van der Waals surface area contributed by atoms with Crippen molar-refractivity contribution < 1.29 is 13.6 Å². The third-order valence-corrected chi connectivity index (χ3v) is 5.72. The lowest BCUT2D eigenvalue weighted by Gasteiger charge is -2.35. The van der Waals surface area contributed by atoms with Gasteiger partial charge in [-0.1, -0.05) is 23.9 Å². The maximum atomic E-state index is 13.4. The Morgan fingerprint density at radius 2 is 2.21 bits per heavy atom. The third-order valence-electron chi connectivity index (χ3n) is 4.89. The smallest absolute Gasteiger partial charge is 0.257 e. The molecular formula is C21H22FN3O2S. The number of fused-ring (bicyclic) bond motifs is 1. The number of aryl methyl sites for hydroxylation is 1. The van der Waals surface area contributed by atoms with Crippen LogP contribution in [0.2, 0.25) is 0 Å². The molecule has 1 atom stereocenters. The standard InChI is InChI=1S/C21H22FN3O2S/c1-14-11-15(22)8-9-18(14)25-10-4-5-16(12-25)23-20(26)13-28-21-24-17-6-2-3-7-19(17)27-21/h2-3,6-9,11,16H,4-5,10,12-13H2,1H3,(H,23,26). The molecule has 1 saturated heterocycles. The Hall–Kier alpha value is -2.54. The van der Waals surface area contributed by atoms with Gasteiger partial charge in [0, 0.05) is 24.8 Å². The molecule has 2 aromatic carbocycles. The summed E-state index contributed by atoms with van der Waals surface area (Å²) in [6.07, 6.45) is 1.93. The van der Waals surface area contributed by atoms with E-state index in [2.05, 4.69) is 15.2 Å². The number of rotatable bonds is 5. The third kappa shape index (κ3) is 4.30. The normalized spacial score (nSPS) is 17.1. The second-order valence-electron chi connectivity index (χ2n) is 7.02. The first-order chi connectivity index (χ1) is 13.6. The number of nitrogens with one attached hydrogen (secondary N) is 1. The molecule has 4 rings (SSSR count). The molecule has 28 heavy (non-hydrogen) atoms. The molecule has 0 bridgehead atoms. The van der Waals surface area contributed by atoms with Crippen LogP contribution >= 0.6 is 11.8 Å². The monoisotopic (exact) mass is 399 g/mol. The summed E-state index contributed by atoms with van der Waals surface area (Å²) in [5.41, 5.74) is 3.46. The molecule has 0 aliphatic carbocycles. The van der Waals surface area contributed by atoms with Crippen LogP contribution in [0.25, 0.3) is 11.1 Å². The lowest BCUT2D eigenvalue weighted by atomic mass is 10.0. The van der Waals surface area contributed by atoms with Crippen LogP contribution in [0.15, 0.2) is 52.1 Å². The van der Waals surface area contributed by atoms with E-state index in [9.17, 15) is 9.18 Å². The minimum Gasteiger partial charge on any atom is -0.431 e. The average Bonchev–Trinajstić information content (AvgIpc) is 3.10. The fraction of sp³-hybridized carbons (Fsp3) is 0.333. The Morgan fingerprint density at radius 1 is 1.36 bits per heavy atom. The molecule has 3 aromatic rings. The van der Waals surface area contributed by atoms with Crippen LogP contribution in [-0.2, 0) is 4.79 Å². The zero-order chi connectivity index (χ0) is 19.5. The minimum absolute atomic E-state index is 0.0325. The fourth-order valence-electron chi connectivity index (χ4n) is 3.60. The van der Waals surface area contributed by atoms with Gasteiger partial charge in [0.1, 0.15) is 11.3 Å². The maximum absolute atomic E-state index is 13.4. The van der Waals surface area contributed by atoms with Crippen molar-refractivity contribution in [1.82, 2.24) is 10.3 Å². The molecular weight excluding hydrogens is 377 g/mol. The molecule has 1 aliphatic heterocycles. The number of piperidine rings is 1. The molecule has 146 valence electrons. The Labute approximate surface area is 167 Å². The second-order valence-corrected chi connectivity index (χ2v) is 7.95. The maximum Gasteiger partial charge on any atom is 0.257 e. The number of benzene rings is 2. The molecule has 7 heteroatoms. The van der Waals surface area contributed by atoms with Gasteiger partial charge in [-0.3, -0.25) is 4.79 Å². The van der Waals surface area contributed by atoms with Crippen molar-refractivity contribution in [2.45, 2.75) is 31.0 Å². The summed E-state index contributed by atoms with van der Waals surface area (Å²) in [6, 6.07) is 12.5. The number of hydrogen-bond donors (Lipinski definition) is 1. The number of nitrogens with zero attached hydrogens (tertiary/aromatic N) is 2. The number of carbonyl (C=O) groups is 1. The molecule has 1 N–H and O–H groups in total. The Kier molecular flexibility index (Phi) is 5.52. The predicted molar refractivity (Wildman–Crippen MR) is 109 cm³/mol. The van der Waals surface area contributed by atoms with Crippen LogP contribution in [0, 0.1) is 12.7 Å². The van der Waals surface area contributed by atoms with E-state index in [1.807, 2.05) is 37.3 Å². The highest BCUT2D eigenvalue weighted by atomic mass is 32.2. The van der Waals surface area contributed by atoms with Crippen LogP contribution in [0.1, 0.15) is 18.4 Å². The molecule has 5 nitrogen and oxygen atoms in total. The van der Waals surface area contributed by atoms with Crippen molar-refractivity contribution in [3.8, 4) is 0 Å². The summed E-state index contributed by atoms with van der Waals surface area (Å²) in [5, 5.41) is 3.61. The van der Waals surface area contributed by atoms with Crippen LogP contribution in [0.3, 0.4) is 0 Å². The van der Waals surface area contributed by atoms with Gasteiger partial charge >= 0.3 is 0 Å². The average molecular weight is 399 g/mol. The van der Waals surface area contributed by atoms with Crippen LogP contribution in [-0.4, -0.2) is 35.8 Å². The molecule has 1 amide bonds. The van der Waals surface area contributed by atoms with E-state index in [4.69, 9.17) is 4.42 Å². The predicted octanol–water partition coefficient (Wildman–Crippen LogP) is 4.15. The lowest BCUT2D eigenvalue weighted by Crippen LogP contribution is -2.48. The lowest BCUT2D eigenvalue weighted by molar-refractivity contribution is -0.119. The quantitative estimate of drug-likeness (QED) is 0.653. The highest BCUT2D eigenvalue weighted by Gasteiger charge is 2.23. The molecule has 0 radical (unpaired) electrons. The zero-order valence-electron chi connectivity index (χ0n) is 15.7. The van der Waals surface area contributed by atoms with Crippen LogP contribution < -0.4 is 10.2 Å². The van der Waals surface area contributed by atoms with Gasteiger partial charge in [-0.2, -0.15) is 0 Å². The highest BCUT2D eigenvalue weighted by molar-refractivity contribution is 7.99. The summed E-state index contributed by atoms with van der Waals surface area (Å²) in [5.74, 6) is 0.00749. The SMILES string of the molecule is Cc1cc(F)ccc1N1CCCC(NC(=O)CSc2nc3ccccc3o2)C1. The van der Waals surface area contributed by atoms with E-state index < -0.39 is 0 Å². The highest BCUT2D eigenvalue weighted by Crippen LogP contribution is 2.25. The summed E-state index contributed by atoms with van der Waals surface area (Å²) in [7, 11) is 0. The topological polar surface area (TPSA) is 58.4 Å². The number of thioether (sulfide) groups is 1. The number of carbonyl (C=O) groups excluding carboxylic acids is 1. The van der Waals surface area contributed by atoms with Gasteiger partial charge in [0.15, 0.2) is 5.58 Å². The molecule has 1 unspecified atom stereocenters. The summed E-state index contributed by atoms with van der Waals surface area (Å²) in [6.45, 7) is 3.56. The van der Waals surface area contributed by atoms with Crippen molar-refractivity contribution in [2.75, 3.05) is 23.7 Å². The number of amides is 1. The molecule has 1 aromatic heterocycles. The number of para-hydroxylation sites is 2. The van der Waals surface area contributed by atoms with Gasteiger partial charge in [0.2, 0.25) is 5.91 Å². The first kappa shape index (κ1) is 18.8. The van der Waals surface area contributed by atoms with Gasteiger partial charge in [-0.25, -0.2) is 9.37 Å². The number of halogens is 1. The van der Waals surface area contributed by atoms with Gasteiger partial charge in [0.25, 0.3) is 5.22 Å². The van der Waals surface area contributed by atoms with Crippen molar-refractivity contribution in [2.24, 2.45) is 0 Å². The molecule has 0 saturated carbocycles. The van der Waals surface area contributed by atoms with Gasteiger partial charge in [-0.05, 0) is 55.7 Å². The largest absolute Gasteiger partial charge is 0.431 e. The molecule has 1 aliphatic rings. The zero-order valence-corrected chi connectivity index (χ0v) is 16.5. The van der Waals surface area contributed by atoms with Gasteiger partial charge < -0.3 is 14.6 Å². The van der Waals surface area contributed by atoms with E-state index in [0.29, 0.717) is 5.22 Å². The summed E-state index contributed by atoms with van der Waals surface area (Å²) < 4.78 is 19.0. The molecule has 1 fully saturated rings. The Bertz CT molecular complexity index is 958. The number of hydrogen-bond acceptors (Lipinski definition) is 5. The first-order valence-electron chi connectivity index (χ1n) is 9.37. The van der Waals surface area contributed by atoms with E-state index in [1.54, 1.807) is 6.07 Å². The first-order valence-corrected chi connectivity index (χ1v) is 10.4. The van der Waals surface area contributed by atoms with Crippen molar-refractivity contribution >= 4 is 34.5 Å². The van der Waals surface area contributed by atoms with E-state index in [0.717, 1.165) is 48.3 Å². The minimum atomic E-state index is -0.223. The van der Waals surface area contributed by atoms with Crippen molar-refractivity contribution in [3.63, 3.8) is 0 Å². The van der Waals surface area contributed by atoms with Gasteiger partial charge in [0.05, 0.1) is 5.75 Å². The Balaban J connectivity index is 1.32. The second kappa shape index (κ2) is 8.22. The number of anilines is 1. The number of aromatic nitrogens is 1. The summed E-state index contributed by atoms with van der Waals surface area (Å²) in [4.78, 5) is 19.0. The summed E-state index contributed by atoms with van der Waals surface area (Å²) >= 11 is 1.30. The van der Waals surface area contributed by atoms with Gasteiger partial charge in [-0.15, -0.1) is 0 Å². The van der Waals surface area contributed by atoms with Crippen molar-refractivity contribution in [1.29, 1.82) is 0 Å². The number of oxazole rings is 1. The van der Waals surface area contributed by atoms with Crippen LogP contribution in [0.5, 0.6) is 0 Å². The molecule has 0 spiro atoms. The van der Waals surface area contributed by atoms with E-state index in [1.165, 1.54) is 17.8 Å². The fourth-order valence-corrected chi connectivity index (χ4v) is 4.25. The Morgan fingerprint density at radius 3 is 3.04 bits per heavy atom. The van der Waals surface area contributed by atoms with Crippen molar-refractivity contribution in [3.05, 3.63) is 53.8 Å². The van der Waals surface area contributed by atoms with E-state index in [-0.39, 0.29) is 23.5 Å². The molecule has 2 heterocycles.